The van der Waals surface area contributed by atoms with Crippen molar-refractivity contribution in [3.8, 4) is 72.4 Å². The van der Waals surface area contributed by atoms with Crippen molar-refractivity contribution in [3.05, 3.63) is 512 Å². The SMILES string of the molecule is Cc1ccc(-c2cccc3c2sc2c(-c4ccccc4)cccc23)cc1.Cc1ccc2c(c1)c1ccccc1n2-c1ccccc1.Cc1ccc2sc3ccc(-c4ccccc4)cc3c2c1.Cc1ccc2sc3ccccc3c2c1.Cc1cccc(-c2cccc3c2sc2c(-c4ccccc4)cccc23)c1.Cc1cccc2c1sc1c(-c3ccccc3)cccc12.Cc1cccc2c1sc1ccccc12. The Balaban J connectivity index is 0.0000000949. The lowest BCUT2D eigenvalue weighted by Crippen LogP contribution is -1.92. The summed E-state index contributed by atoms with van der Waals surface area (Å²) in [7, 11) is 0. The smallest absolute Gasteiger partial charge is 0.0541 e. The largest absolute Gasteiger partial charge is 0.309 e. The second kappa shape index (κ2) is 40.1. The zero-order valence-electron chi connectivity index (χ0n) is 78.9. The van der Waals surface area contributed by atoms with Gasteiger partial charge in [0.05, 0.1) is 11.0 Å². The van der Waals surface area contributed by atoms with Crippen molar-refractivity contribution in [1.29, 1.82) is 0 Å². The van der Waals surface area contributed by atoms with E-state index < -0.39 is 0 Å². The van der Waals surface area contributed by atoms with Crippen LogP contribution in [-0.2, 0) is 0 Å². The number of hydrogen-bond donors (Lipinski definition) is 0. The van der Waals surface area contributed by atoms with E-state index in [1.54, 1.807) is 0 Å². The van der Waals surface area contributed by atoms with Crippen LogP contribution in [0.25, 0.3) is 215 Å². The highest BCUT2D eigenvalue weighted by atomic mass is 32.1. The number of nitrogens with zero attached hydrogens (tertiary/aromatic N) is 1. The fraction of sp³-hybridized carbons (Fsp3) is 0.0526. The molecule has 0 spiro atoms. The molecule has 21 aromatic carbocycles. The Morgan fingerprint density at radius 3 is 0.907 bits per heavy atom. The van der Waals surface area contributed by atoms with Crippen molar-refractivity contribution in [2.45, 2.75) is 48.5 Å². The summed E-state index contributed by atoms with van der Waals surface area (Å²) in [4.78, 5) is 0. The van der Waals surface area contributed by atoms with Gasteiger partial charge in [-0.15, -0.1) is 68.0 Å². The van der Waals surface area contributed by atoms with Crippen LogP contribution in [0.4, 0.5) is 0 Å². The van der Waals surface area contributed by atoms with Crippen molar-refractivity contribution < 1.29 is 0 Å². The molecule has 0 radical (unpaired) electrons. The zero-order chi connectivity index (χ0) is 94.7. The molecule has 0 atom stereocenters. The Labute approximate surface area is 841 Å². The number of thiophene rings is 6. The molecule has 0 bridgehead atoms. The van der Waals surface area contributed by atoms with Crippen LogP contribution >= 0.6 is 68.0 Å². The predicted molar refractivity (Wildman–Crippen MR) is 623 cm³/mol. The molecular weight excluding hydrogens is 1800 g/mol. The van der Waals surface area contributed by atoms with Crippen LogP contribution in [-0.4, -0.2) is 4.57 Å². The second-order valence-corrected chi connectivity index (χ2v) is 42.3. The molecular formula is C133H99NS6. The van der Waals surface area contributed by atoms with E-state index >= 15 is 0 Å². The number of aromatic nitrogens is 1. The molecule has 0 unspecified atom stereocenters. The molecule has 1 nitrogen and oxygen atoms in total. The van der Waals surface area contributed by atoms with Gasteiger partial charge >= 0.3 is 0 Å². The third kappa shape index (κ3) is 18.2. The number of hydrogen-bond acceptors (Lipinski definition) is 6. The van der Waals surface area contributed by atoms with E-state index in [1.165, 1.54) is 254 Å². The topological polar surface area (TPSA) is 4.93 Å². The first-order valence-corrected chi connectivity index (χ1v) is 52.6. The van der Waals surface area contributed by atoms with Crippen LogP contribution < -0.4 is 0 Å². The fourth-order valence-electron chi connectivity index (χ4n) is 19.5. The van der Waals surface area contributed by atoms with Gasteiger partial charge in [-0.2, -0.15) is 0 Å². The minimum atomic E-state index is 1.21. The number of aryl methyl sites for hydroxylation is 7. The quantitative estimate of drug-likeness (QED) is 0.150. The highest BCUT2D eigenvalue weighted by Gasteiger charge is 2.20. The van der Waals surface area contributed by atoms with Crippen molar-refractivity contribution in [3.63, 3.8) is 0 Å². The van der Waals surface area contributed by atoms with E-state index in [4.69, 9.17) is 0 Å². The third-order valence-corrected chi connectivity index (χ3v) is 34.0. The summed E-state index contributed by atoms with van der Waals surface area (Å²) < 4.78 is 18.9. The van der Waals surface area contributed by atoms with Gasteiger partial charge in [0.1, 0.15) is 0 Å². The normalized spacial score (nSPS) is 11.2. The van der Waals surface area contributed by atoms with Crippen LogP contribution in [0.3, 0.4) is 0 Å². The molecule has 0 aliphatic carbocycles. The Bertz CT molecular complexity index is 9360. The van der Waals surface area contributed by atoms with Crippen LogP contribution in [0.15, 0.2) is 473 Å². The molecule has 0 N–H and O–H groups in total. The van der Waals surface area contributed by atoms with Crippen LogP contribution in [0.5, 0.6) is 0 Å². The van der Waals surface area contributed by atoms with Crippen molar-refractivity contribution in [2.75, 3.05) is 0 Å². The Kier molecular flexibility index (Phi) is 25.7. The molecule has 0 aliphatic heterocycles. The number of benzene rings is 21. The van der Waals surface area contributed by atoms with Gasteiger partial charge in [-0.1, -0.05) is 422 Å². The molecule has 0 fully saturated rings. The highest BCUT2D eigenvalue weighted by molar-refractivity contribution is 7.28. The van der Waals surface area contributed by atoms with Gasteiger partial charge in [0, 0.05) is 137 Å². The molecule has 0 amide bonds. The van der Waals surface area contributed by atoms with Gasteiger partial charge in [-0.3, -0.25) is 0 Å². The summed E-state index contributed by atoms with van der Waals surface area (Å²) in [5.74, 6) is 0. The van der Waals surface area contributed by atoms with Gasteiger partial charge in [0.2, 0.25) is 0 Å². The first-order chi connectivity index (χ1) is 68.8. The molecule has 28 aromatic rings. The summed E-state index contributed by atoms with van der Waals surface area (Å²) >= 11 is 11.4. The second-order valence-electron chi connectivity index (χ2n) is 36.0. The summed E-state index contributed by atoms with van der Waals surface area (Å²) in [6.07, 6.45) is 0. The lowest BCUT2D eigenvalue weighted by molar-refractivity contribution is 1.18. The first kappa shape index (κ1) is 89.9. The molecule has 672 valence electrons. The Morgan fingerprint density at radius 1 is 0.143 bits per heavy atom. The standard InChI is InChI=1S/2C25H18S.C19H15N.2C19H14S.2C13H10S/c1-17-8-5-11-19(16-17)21-13-7-15-23-22-14-6-12-20(24(22)26-25(21)23)18-9-3-2-4-10-18;1-17-13-15-19(16-14-17)21-10-6-12-23-22-11-5-9-20(24(22)26-25(21)23)18-7-3-2-4-8-18;1-14-11-12-19-17(13-14)16-9-5-6-10-18(16)20(19)15-7-3-2-4-8-15;1-13-7-5-11-16-17-12-6-10-15(19(17)20-18(13)16)14-8-3-2-4-9-14;1-13-7-9-18-16(11-13)17-12-15(8-10-19(17)20-18)14-5-3-2-4-6-14;1-9-5-4-7-11-10-6-2-3-8-12(10)14-13(9)11;1-9-6-7-13-11(8-9)10-4-2-3-5-12(10)14-13/h2*2-16H,1H3;2-13H,1H3;2*2-12H,1H3;2*2-8H,1H3. The van der Waals surface area contributed by atoms with Gasteiger partial charge in [-0.25, -0.2) is 0 Å². The molecule has 0 saturated carbocycles. The molecule has 140 heavy (non-hydrogen) atoms. The maximum absolute atomic E-state index is 2.34. The molecule has 0 aliphatic rings. The maximum atomic E-state index is 2.34. The number of rotatable bonds is 7. The highest BCUT2D eigenvalue weighted by Crippen LogP contribution is 2.49. The molecule has 7 heteroatoms. The van der Waals surface area contributed by atoms with E-state index in [2.05, 4.69) is 526 Å². The lowest BCUT2D eigenvalue weighted by Gasteiger charge is -2.07. The van der Waals surface area contributed by atoms with Crippen molar-refractivity contribution in [1.82, 2.24) is 4.57 Å². The van der Waals surface area contributed by atoms with Crippen LogP contribution in [0.2, 0.25) is 0 Å². The first-order valence-electron chi connectivity index (χ1n) is 47.7. The average Bonchev–Trinajstić information content (AvgIpc) is 1.60. The fourth-order valence-corrected chi connectivity index (χ4v) is 26.9. The van der Waals surface area contributed by atoms with E-state index in [9.17, 15) is 0 Å². The van der Waals surface area contributed by atoms with E-state index in [-0.39, 0.29) is 0 Å². The Morgan fingerprint density at radius 2 is 0.429 bits per heavy atom. The van der Waals surface area contributed by atoms with E-state index in [1.807, 2.05) is 68.0 Å². The van der Waals surface area contributed by atoms with Crippen LogP contribution in [0, 0.1) is 48.5 Å². The average molecular weight is 1900 g/mol. The van der Waals surface area contributed by atoms with Crippen molar-refractivity contribution in [2.24, 2.45) is 0 Å². The van der Waals surface area contributed by atoms with Gasteiger partial charge < -0.3 is 4.57 Å². The minimum absolute atomic E-state index is 1.21. The molecule has 28 rings (SSSR count). The summed E-state index contributed by atoms with van der Waals surface area (Å²) in [5, 5.41) is 19.1. The monoisotopic (exact) mass is 1900 g/mol. The zero-order valence-corrected chi connectivity index (χ0v) is 83.8. The third-order valence-electron chi connectivity index (χ3n) is 26.4. The Hall–Kier alpha value is -15.3. The number of para-hydroxylation sites is 2. The molecule has 0 saturated heterocycles. The minimum Gasteiger partial charge on any atom is -0.309 e. The summed E-state index contributed by atoms with van der Waals surface area (Å²) in [5.41, 5.74) is 28.7. The molecule has 7 aromatic heterocycles. The van der Waals surface area contributed by atoms with E-state index in [0.717, 1.165) is 0 Å². The maximum Gasteiger partial charge on any atom is 0.0541 e. The predicted octanol–water partition coefficient (Wildman–Crippen LogP) is 41.3. The van der Waals surface area contributed by atoms with Gasteiger partial charge in [0.25, 0.3) is 0 Å². The van der Waals surface area contributed by atoms with Crippen molar-refractivity contribution >= 4 is 211 Å². The van der Waals surface area contributed by atoms with E-state index in [0.29, 0.717) is 0 Å². The lowest BCUT2D eigenvalue weighted by atomic mass is 9.99. The van der Waals surface area contributed by atoms with Gasteiger partial charge in [-0.05, 0) is 205 Å². The molecule has 7 heterocycles. The van der Waals surface area contributed by atoms with Gasteiger partial charge in [0.15, 0.2) is 0 Å². The summed E-state index contributed by atoms with van der Waals surface area (Å²) in [6, 6.07) is 170. The summed E-state index contributed by atoms with van der Waals surface area (Å²) in [6.45, 7) is 15.1. The van der Waals surface area contributed by atoms with Crippen LogP contribution in [0.1, 0.15) is 38.9 Å². The number of fused-ring (bicyclic) bond motifs is 21.